The van der Waals surface area contributed by atoms with Gasteiger partial charge in [-0.3, -0.25) is 24.6 Å². The van der Waals surface area contributed by atoms with Gasteiger partial charge in [-0.2, -0.15) is 0 Å². The molecule has 0 radical (unpaired) electrons. The standard InChI is InChI=1S/C27H30N4O3/c32-24-9-8-23(25(33)28-24)31-16-20-14-21(6-7-22(20)26(31)34)30-17-27(18-30)10-12-29(13-11-27)15-19-4-2-1-3-5-19/h1-7,14,23H,8-13,15-18H2,(H,28,32,33). The maximum atomic E-state index is 12.9. The fraction of sp³-hybridized carbons (Fsp3) is 0.444. The van der Waals surface area contributed by atoms with Crippen molar-refractivity contribution in [1.29, 1.82) is 0 Å². The Kier molecular flexibility index (Phi) is 5.17. The van der Waals surface area contributed by atoms with Crippen LogP contribution in [0.5, 0.6) is 0 Å². The number of anilines is 1. The molecule has 7 nitrogen and oxygen atoms in total. The number of likely N-dealkylation sites (tertiary alicyclic amines) is 1. The van der Waals surface area contributed by atoms with Gasteiger partial charge in [-0.25, -0.2) is 0 Å². The molecule has 2 aromatic rings. The van der Waals surface area contributed by atoms with Crippen molar-refractivity contribution in [2.24, 2.45) is 5.41 Å². The molecule has 1 N–H and O–H groups in total. The Bertz CT molecular complexity index is 1130. The molecule has 3 saturated heterocycles. The SMILES string of the molecule is O=C1CCC(N2Cc3cc(N4CC5(CCN(Cc6ccccc6)CC5)C4)ccc3C2=O)C(=O)N1. The zero-order chi connectivity index (χ0) is 23.3. The van der Waals surface area contributed by atoms with Crippen LogP contribution in [0.2, 0.25) is 0 Å². The Balaban J connectivity index is 1.07. The van der Waals surface area contributed by atoms with Gasteiger partial charge in [0.15, 0.2) is 0 Å². The zero-order valence-electron chi connectivity index (χ0n) is 19.3. The molecule has 0 saturated carbocycles. The van der Waals surface area contributed by atoms with Crippen LogP contribution >= 0.6 is 0 Å². The molecule has 1 spiro atoms. The molecular formula is C27H30N4O3. The van der Waals surface area contributed by atoms with Gasteiger partial charge in [0.1, 0.15) is 6.04 Å². The smallest absolute Gasteiger partial charge is 0.255 e. The molecule has 4 heterocycles. The van der Waals surface area contributed by atoms with Crippen molar-refractivity contribution < 1.29 is 14.4 Å². The normalized spacial score (nSPS) is 24.2. The van der Waals surface area contributed by atoms with Gasteiger partial charge in [0.2, 0.25) is 11.8 Å². The van der Waals surface area contributed by atoms with Crippen LogP contribution in [0.4, 0.5) is 5.69 Å². The molecule has 6 rings (SSSR count). The molecule has 4 aliphatic heterocycles. The highest BCUT2D eigenvalue weighted by Gasteiger charge is 2.45. The lowest BCUT2D eigenvalue weighted by molar-refractivity contribution is -0.136. The second-order valence-electron chi connectivity index (χ2n) is 10.4. The van der Waals surface area contributed by atoms with Gasteiger partial charge in [0.25, 0.3) is 5.91 Å². The second-order valence-corrected chi connectivity index (χ2v) is 10.4. The van der Waals surface area contributed by atoms with Gasteiger partial charge in [-0.15, -0.1) is 0 Å². The lowest BCUT2D eigenvalue weighted by Gasteiger charge is -2.55. The number of piperidine rings is 2. The highest BCUT2D eigenvalue weighted by Crippen LogP contribution is 2.43. The van der Waals surface area contributed by atoms with Crippen LogP contribution in [0, 0.1) is 5.41 Å². The van der Waals surface area contributed by atoms with E-state index < -0.39 is 6.04 Å². The minimum absolute atomic E-state index is 0.109. The van der Waals surface area contributed by atoms with E-state index in [4.69, 9.17) is 0 Å². The predicted octanol–water partition coefficient (Wildman–Crippen LogP) is 2.55. The number of nitrogens with zero attached hydrogens (tertiary/aromatic N) is 3. The second kappa shape index (κ2) is 8.24. The highest BCUT2D eigenvalue weighted by atomic mass is 16.2. The van der Waals surface area contributed by atoms with E-state index in [0.29, 0.717) is 23.9 Å². The Hall–Kier alpha value is -3.19. The summed E-state index contributed by atoms with van der Waals surface area (Å²) < 4.78 is 0. The molecule has 4 aliphatic rings. The molecule has 7 heteroatoms. The first-order chi connectivity index (χ1) is 16.5. The summed E-state index contributed by atoms with van der Waals surface area (Å²) >= 11 is 0. The Morgan fingerprint density at radius 3 is 2.47 bits per heavy atom. The quantitative estimate of drug-likeness (QED) is 0.713. The molecule has 176 valence electrons. The summed E-state index contributed by atoms with van der Waals surface area (Å²) in [5.41, 5.74) is 4.60. The third-order valence-corrected chi connectivity index (χ3v) is 8.09. The van der Waals surface area contributed by atoms with E-state index >= 15 is 0 Å². The van der Waals surface area contributed by atoms with Crippen LogP contribution in [-0.4, -0.2) is 59.7 Å². The van der Waals surface area contributed by atoms with E-state index in [9.17, 15) is 14.4 Å². The third-order valence-electron chi connectivity index (χ3n) is 8.09. The average molecular weight is 459 g/mol. The minimum Gasteiger partial charge on any atom is -0.370 e. The Morgan fingerprint density at radius 2 is 1.74 bits per heavy atom. The van der Waals surface area contributed by atoms with E-state index in [1.54, 1.807) is 4.90 Å². The van der Waals surface area contributed by atoms with Gasteiger partial charge in [0.05, 0.1) is 0 Å². The number of carbonyl (C=O) groups is 3. The lowest BCUT2D eigenvalue weighted by atomic mass is 9.71. The fourth-order valence-corrected chi connectivity index (χ4v) is 6.05. The number of carbonyl (C=O) groups excluding carboxylic acids is 3. The van der Waals surface area contributed by atoms with Crippen molar-refractivity contribution in [3.8, 4) is 0 Å². The summed E-state index contributed by atoms with van der Waals surface area (Å²) in [6, 6.07) is 16.2. The third kappa shape index (κ3) is 3.78. The van der Waals surface area contributed by atoms with Crippen LogP contribution < -0.4 is 10.2 Å². The lowest BCUT2D eigenvalue weighted by Crippen LogP contribution is -2.60. The fourth-order valence-electron chi connectivity index (χ4n) is 6.05. The van der Waals surface area contributed by atoms with Gasteiger partial charge in [-0.1, -0.05) is 30.3 Å². The number of fused-ring (bicyclic) bond motifs is 1. The summed E-state index contributed by atoms with van der Waals surface area (Å²) in [5, 5.41) is 2.37. The van der Waals surface area contributed by atoms with E-state index in [2.05, 4.69) is 51.5 Å². The zero-order valence-corrected chi connectivity index (χ0v) is 19.3. The van der Waals surface area contributed by atoms with Crippen LogP contribution in [0.3, 0.4) is 0 Å². The topological polar surface area (TPSA) is 73.0 Å². The van der Waals surface area contributed by atoms with E-state index in [0.717, 1.165) is 44.0 Å². The van der Waals surface area contributed by atoms with E-state index in [-0.39, 0.29) is 24.1 Å². The summed E-state index contributed by atoms with van der Waals surface area (Å²) in [6.45, 7) is 5.88. The monoisotopic (exact) mass is 458 g/mol. The maximum Gasteiger partial charge on any atom is 0.255 e. The summed E-state index contributed by atoms with van der Waals surface area (Å²) in [4.78, 5) is 43.3. The summed E-state index contributed by atoms with van der Waals surface area (Å²) in [7, 11) is 0. The number of amides is 3. The van der Waals surface area contributed by atoms with Crippen LogP contribution in [0.15, 0.2) is 48.5 Å². The number of nitrogens with one attached hydrogen (secondary N) is 1. The maximum absolute atomic E-state index is 12.9. The predicted molar refractivity (Wildman–Crippen MR) is 128 cm³/mol. The largest absolute Gasteiger partial charge is 0.370 e. The molecule has 34 heavy (non-hydrogen) atoms. The molecule has 1 atom stereocenters. The highest BCUT2D eigenvalue weighted by molar-refractivity contribution is 6.05. The van der Waals surface area contributed by atoms with Gasteiger partial charge >= 0.3 is 0 Å². The molecule has 0 bridgehead atoms. The van der Waals surface area contributed by atoms with Crippen molar-refractivity contribution in [1.82, 2.24) is 15.1 Å². The molecule has 0 aromatic heterocycles. The van der Waals surface area contributed by atoms with Crippen molar-refractivity contribution in [3.63, 3.8) is 0 Å². The number of rotatable bonds is 4. The number of benzene rings is 2. The van der Waals surface area contributed by atoms with Crippen LogP contribution in [-0.2, 0) is 22.7 Å². The van der Waals surface area contributed by atoms with Crippen molar-refractivity contribution >= 4 is 23.4 Å². The van der Waals surface area contributed by atoms with Crippen LogP contribution in [0.1, 0.15) is 47.2 Å². The molecule has 1 unspecified atom stereocenters. The van der Waals surface area contributed by atoms with E-state index in [1.807, 2.05) is 12.1 Å². The Labute approximate surface area is 199 Å². The molecular weight excluding hydrogens is 428 g/mol. The molecule has 3 fully saturated rings. The van der Waals surface area contributed by atoms with E-state index in [1.165, 1.54) is 18.4 Å². The number of hydrogen-bond donors (Lipinski definition) is 1. The molecule has 3 amide bonds. The first kappa shape index (κ1) is 21.4. The van der Waals surface area contributed by atoms with Gasteiger partial charge in [-0.05, 0) is 61.7 Å². The van der Waals surface area contributed by atoms with Crippen LogP contribution in [0.25, 0.3) is 0 Å². The first-order valence-electron chi connectivity index (χ1n) is 12.3. The summed E-state index contributed by atoms with van der Waals surface area (Å²) in [6.07, 6.45) is 3.12. The molecule has 0 aliphatic carbocycles. The van der Waals surface area contributed by atoms with Gasteiger partial charge < -0.3 is 9.80 Å². The number of hydrogen-bond acceptors (Lipinski definition) is 5. The average Bonchev–Trinajstić information content (AvgIpc) is 3.14. The number of imide groups is 1. The summed E-state index contributed by atoms with van der Waals surface area (Å²) in [5.74, 6) is -0.729. The van der Waals surface area contributed by atoms with Crippen molar-refractivity contribution in [2.75, 3.05) is 31.1 Å². The molecule has 2 aromatic carbocycles. The Morgan fingerprint density at radius 1 is 0.971 bits per heavy atom. The minimum atomic E-state index is -0.561. The van der Waals surface area contributed by atoms with Crippen molar-refractivity contribution in [3.05, 3.63) is 65.2 Å². The van der Waals surface area contributed by atoms with Gasteiger partial charge in [0, 0.05) is 49.3 Å². The first-order valence-corrected chi connectivity index (χ1v) is 12.3. The van der Waals surface area contributed by atoms with Crippen molar-refractivity contribution in [2.45, 2.75) is 44.8 Å².